The van der Waals surface area contributed by atoms with Crippen molar-refractivity contribution in [3.05, 3.63) is 59.5 Å². The smallest absolute Gasteiger partial charge is 0.276 e. The van der Waals surface area contributed by atoms with Crippen molar-refractivity contribution < 1.29 is 14.4 Å². The molecule has 1 amide bonds. The van der Waals surface area contributed by atoms with Crippen LogP contribution in [0.25, 0.3) is 0 Å². The molecule has 2 rings (SSSR count). The standard InChI is InChI=1S/C14H14FN3O2/c1-9(10-5-3-2-4-6-10)17-13-12(15)7-11(8-16-13)14(19)18-20/h2-9,20H,1H3,(H,16,17)(H,18,19)/t9-/m0/s1. The van der Waals surface area contributed by atoms with E-state index in [1.54, 1.807) is 0 Å². The van der Waals surface area contributed by atoms with E-state index in [0.29, 0.717) is 0 Å². The van der Waals surface area contributed by atoms with E-state index in [1.165, 1.54) is 11.7 Å². The Morgan fingerprint density at radius 2 is 2.05 bits per heavy atom. The van der Waals surface area contributed by atoms with Gasteiger partial charge in [0.25, 0.3) is 5.91 Å². The molecule has 3 N–H and O–H groups in total. The van der Waals surface area contributed by atoms with Gasteiger partial charge in [-0.3, -0.25) is 10.0 Å². The van der Waals surface area contributed by atoms with Crippen LogP contribution >= 0.6 is 0 Å². The van der Waals surface area contributed by atoms with Crippen LogP contribution in [0.4, 0.5) is 10.2 Å². The van der Waals surface area contributed by atoms with Crippen LogP contribution in [-0.2, 0) is 0 Å². The monoisotopic (exact) mass is 275 g/mol. The second-order valence-corrected chi connectivity index (χ2v) is 4.27. The summed E-state index contributed by atoms with van der Waals surface area (Å²) in [5.74, 6) is -1.41. The number of anilines is 1. The van der Waals surface area contributed by atoms with Gasteiger partial charge in [0, 0.05) is 6.20 Å². The molecule has 0 saturated carbocycles. The predicted octanol–water partition coefficient (Wildman–Crippen LogP) is 2.51. The fraction of sp³-hybridized carbons (Fsp3) is 0.143. The number of halogens is 1. The molecule has 0 radical (unpaired) electrons. The van der Waals surface area contributed by atoms with Crippen molar-refractivity contribution in [3.8, 4) is 0 Å². The zero-order valence-electron chi connectivity index (χ0n) is 10.8. The fourth-order valence-corrected chi connectivity index (χ4v) is 1.76. The predicted molar refractivity (Wildman–Crippen MR) is 71.9 cm³/mol. The summed E-state index contributed by atoms with van der Waals surface area (Å²) >= 11 is 0. The minimum Gasteiger partial charge on any atom is -0.361 e. The third kappa shape index (κ3) is 3.10. The first-order valence-corrected chi connectivity index (χ1v) is 6.03. The van der Waals surface area contributed by atoms with Crippen LogP contribution in [0.15, 0.2) is 42.6 Å². The average Bonchev–Trinajstić information content (AvgIpc) is 2.49. The molecule has 6 heteroatoms. The summed E-state index contributed by atoms with van der Waals surface area (Å²) in [6, 6.07) is 10.4. The van der Waals surface area contributed by atoms with Crippen LogP contribution in [0.3, 0.4) is 0 Å². The maximum Gasteiger partial charge on any atom is 0.276 e. The van der Waals surface area contributed by atoms with Crippen LogP contribution in [0.5, 0.6) is 0 Å². The summed E-state index contributed by atoms with van der Waals surface area (Å²) in [6.07, 6.45) is 1.19. The molecule has 0 fully saturated rings. The number of nitrogens with zero attached hydrogens (tertiary/aromatic N) is 1. The van der Waals surface area contributed by atoms with E-state index >= 15 is 0 Å². The van der Waals surface area contributed by atoms with Gasteiger partial charge >= 0.3 is 0 Å². The number of aromatic nitrogens is 1. The van der Waals surface area contributed by atoms with E-state index in [-0.39, 0.29) is 17.4 Å². The molecule has 2 aromatic rings. The maximum atomic E-state index is 13.8. The van der Waals surface area contributed by atoms with Crippen molar-refractivity contribution in [1.29, 1.82) is 0 Å². The average molecular weight is 275 g/mol. The largest absolute Gasteiger partial charge is 0.361 e. The Bertz CT molecular complexity index is 605. The number of amides is 1. The van der Waals surface area contributed by atoms with Gasteiger partial charge in [0.05, 0.1) is 11.6 Å². The first kappa shape index (κ1) is 14.0. The zero-order chi connectivity index (χ0) is 14.5. The van der Waals surface area contributed by atoms with Crippen LogP contribution in [-0.4, -0.2) is 16.1 Å². The lowest BCUT2D eigenvalue weighted by Gasteiger charge is -2.15. The van der Waals surface area contributed by atoms with Crippen molar-refractivity contribution in [2.24, 2.45) is 0 Å². The van der Waals surface area contributed by atoms with Crippen molar-refractivity contribution in [2.45, 2.75) is 13.0 Å². The van der Waals surface area contributed by atoms with Crippen LogP contribution in [0.2, 0.25) is 0 Å². The fourth-order valence-electron chi connectivity index (χ4n) is 1.76. The number of nitrogens with one attached hydrogen (secondary N) is 2. The number of hydrogen-bond acceptors (Lipinski definition) is 4. The highest BCUT2D eigenvalue weighted by Gasteiger charge is 2.12. The molecule has 1 aromatic carbocycles. The molecule has 0 aliphatic heterocycles. The zero-order valence-corrected chi connectivity index (χ0v) is 10.8. The lowest BCUT2D eigenvalue weighted by molar-refractivity contribution is 0.0705. The number of hydrogen-bond donors (Lipinski definition) is 3. The second-order valence-electron chi connectivity index (χ2n) is 4.27. The summed E-state index contributed by atoms with van der Waals surface area (Å²) in [6.45, 7) is 1.88. The highest BCUT2D eigenvalue weighted by molar-refractivity contribution is 5.93. The van der Waals surface area contributed by atoms with E-state index in [1.807, 2.05) is 37.3 Å². The molecule has 1 aromatic heterocycles. The van der Waals surface area contributed by atoms with Gasteiger partial charge in [0.15, 0.2) is 11.6 Å². The summed E-state index contributed by atoms with van der Waals surface area (Å²) in [4.78, 5) is 15.0. The van der Waals surface area contributed by atoms with Gasteiger partial charge in [-0.25, -0.2) is 14.9 Å². The first-order chi connectivity index (χ1) is 9.61. The molecule has 1 heterocycles. The quantitative estimate of drug-likeness (QED) is 0.592. The summed E-state index contributed by atoms with van der Waals surface area (Å²) in [5, 5.41) is 11.4. The molecule has 104 valence electrons. The van der Waals surface area contributed by atoms with Crippen molar-refractivity contribution in [2.75, 3.05) is 5.32 Å². The minimum absolute atomic E-state index is 0.0517. The van der Waals surface area contributed by atoms with Gasteiger partial charge < -0.3 is 5.32 Å². The molecule has 0 spiro atoms. The van der Waals surface area contributed by atoms with Crippen LogP contribution in [0.1, 0.15) is 28.9 Å². The Morgan fingerprint density at radius 1 is 1.35 bits per heavy atom. The number of carbonyl (C=O) groups excluding carboxylic acids is 1. The summed E-state index contributed by atoms with van der Waals surface area (Å²) in [5.41, 5.74) is 2.37. The number of hydroxylamine groups is 1. The lowest BCUT2D eigenvalue weighted by atomic mass is 10.1. The third-order valence-corrected chi connectivity index (χ3v) is 2.86. The van der Waals surface area contributed by atoms with E-state index < -0.39 is 11.7 Å². The van der Waals surface area contributed by atoms with Crippen LogP contribution < -0.4 is 10.8 Å². The van der Waals surface area contributed by atoms with Gasteiger partial charge in [-0.05, 0) is 18.6 Å². The van der Waals surface area contributed by atoms with Crippen molar-refractivity contribution in [3.63, 3.8) is 0 Å². The van der Waals surface area contributed by atoms with E-state index in [9.17, 15) is 9.18 Å². The topological polar surface area (TPSA) is 74.2 Å². The summed E-state index contributed by atoms with van der Waals surface area (Å²) in [7, 11) is 0. The molecule has 0 aliphatic carbocycles. The second kappa shape index (κ2) is 6.12. The molecule has 5 nitrogen and oxygen atoms in total. The van der Waals surface area contributed by atoms with Crippen molar-refractivity contribution in [1.82, 2.24) is 10.5 Å². The van der Waals surface area contributed by atoms with Gasteiger partial charge in [-0.15, -0.1) is 0 Å². The normalized spacial score (nSPS) is 11.8. The van der Waals surface area contributed by atoms with Crippen molar-refractivity contribution >= 4 is 11.7 Å². The molecular weight excluding hydrogens is 261 g/mol. The number of benzene rings is 1. The van der Waals surface area contributed by atoms with Gasteiger partial charge in [-0.2, -0.15) is 0 Å². The van der Waals surface area contributed by atoms with E-state index in [2.05, 4.69) is 10.3 Å². The van der Waals surface area contributed by atoms with Gasteiger partial charge in [0.1, 0.15) is 0 Å². The van der Waals surface area contributed by atoms with E-state index in [4.69, 9.17) is 5.21 Å². The Morgan fingerprint density at radius 3 is 2.65 bits per heavy atom. The van der Waals surface area contributed by atoms with Gasteiger partial charge in [-0.1, -0.05) is 30.3 Å². The molecule has 0 saturated heterocycles. The SMILES string of the molecule is C[C@H](Nc1ncc(C(=O)NO)cc1F)c1ccccc1. The van der Waals surface area contributed by atoms with Gasteiger partial charge in [0.2, 0.25) is 0 Å². The molecule has 0 aliphatic rings. The Balaban J connectivity index is 2.16. The lowest BCUT2D eigenvalue weighted by Crippen LogP contribution is -2.19. The first-order valence-electron chi connectivity index (χ1n) is 6.03. The number of rotatable bonds is 4. The Labute approximate surface area is 115 Å². The van der Waals surface area contributed by atoms with Crippen LogP contribution in [0, 0.1) is 5.82 Å². The highest BCUT2D eigenvalue weighted by atomic mass is 19.1. The summed E-state index contributed by atoms with van der Waals surface area (Å²) < 4.78 is 13.8. The third-order valence-electron chi connectivity index (χ3n) is 2.86. The Kier molecular flexibility index (Phi) is 4.27. The molecule has 0 bridgehead atoms. The highest BCUT2D eigenvalue weighted by Crippen LogP contribution is 2.20. The maximum absolute atomic E-state index is 13.8. The Hall–Kier alpha value is -2.47. The number of pyridine rings is 1. The molecule has 1 atom stereocenters. The molecule has 0 unspecified atom stereocenters. The van der Waals surface area contributed by atoms with E-state index in [0.717, 1.165) is 11.6 Å². The minimum atomic E-state index is -0.806. The molecule has 20 heavy (non-hydrogen) atoms. The molecular formula is C14H14FN3O2. The number of carbonyl (C=O) groups is 1.